The molecule has 2 N–H and O–H groups in total. The Morgan fingerprint density at radius 2 is 1.38 bits per heavy atom. The summed E-state index contributed by atoms with van der Waals surface area (Å²) in [5.74, 6) is -2.08. The number of hydrogen-bond acceptors (Lipinski definition) is 2. The number of carbonyl (C=O) groups is 2. The summed E-state index contributed by atoms with van der Waals surface area (Å²) in [5.41, 5.74) is 2.59. The lowest BCUT2D eigenvalue weighted by molar-refractivity contribution is -0.117. The molecule has 4 rings (SSSR count). The van der Waals surface area contributed by atoms with Gasteiger partial charge in [0.25, 0.3) is 5.91 Å². The summed E-state index contributed by atoms with van der Waals surface area (Å²) in [4.78, 5) is 25.8. The Morgan fingerprint density at radius 3 is 2.00 bits per heavy atom. The Kier molecular flexibility index (Phi) is 7.31. The van der Waals surface area contributed by atoms with Crippen LogP contribution in [0, 0.1) is 12.8 Å². The van der Waals surface area contributed by atoms with Crippen LogP contribution in [0.3, 0.4) is 0 Å². The lowest BCUT2D eigenvalue weighted by Crippen LogP contribution is -2.18. The third-order valence-electron chi connectivity index (χ3n) is 5.47. The minimum atomic E-state index is -1.32. The van der Waals surface area contributed by atoms with Crippen molar-refractivity contribution in [3.63, 3.8) is 0 Å². The Balaban J connectivity index is 1.51. The fraction of sp³-hybridized carbons (Fsp3) is 0.167. The maximum absolute atomic E-state index is 13.0. The standard InChI is InChI=1S/C24H16Cl6N2O2/c1-11-6-15(2-4-18(11)27)31-22(33)17-10-16(3-5-19(17)28)32-23(34)21-20(24(21,29)30)12-7-13(25)9-14(26)8-12/h2-10,20-21H,1H3,(H,31,33)(H,32,34). The molecule has 2 amide bonds. The molecule has 176 valence electrons. The van der Waals surface area contributed by atoms with Crippen LogP contribution in [0.15, 0.2) is 54.6 Å². The minimum Gasteiger partial charge on any atom is -0.326 e. The van der Waals surface area contributed by atoms with Crippen molar-refractivity contribution < 1.29 is 9.59 Å². The molecule has 0 aliphatic heterocycles. The van der Waals surface area contributed by atoms with Crippen LogP contribution in [0.1, 0.15) is 27.4 Å². The first kappa shape index (κ1) is 25.4. The first-order chi connectivity index (χ1) is 16.0. The second-order valence-electron chi connectivity index (χ2n) is 7.93. The van der Waals surface area contributed by atoms with E-state index < -0.39 is 28.0 Å². The van der Waals surface area contributed by atoms with Crippen LogP contribution < -0.4 is 10.6 Å². The maximum Gasteiger partial charge on any atom is 0.257 e. The van der Waals surface area contributed by atoms with E-state index in [1.807, 2.05) is 6.92 Å². The molecule has 2 atom stereocenters. The molecule has 1 aliphatic rings. The third-order valence-corrected chi connectivity index (χ3v) is 7.60. The number of carbonyl (C=O) groups excluding carboxylic acids is 2. The van der Waals surface area contributed by atoms with E-state index in [9.17, 15) is 9.59 Å². The van der Waals surface area contributed by atoms with E-state index in [1.54, 1.807) is 42.5 Å². The number of anilines is 2. The molecule has 0 heterocycles. The van der Waals surface area contributed by atoms with Gasteiger partial charge in [0.15, 0.2) is 0 Å². The molecular weight excluding hydrogens is 561 g/mol. The first-order valence-corrected chi connectivity index (χ1v) is 12.3. The van der Waals surface area contributed by atoms with Crippen LogP contribution in [0.25, 0.3) is 0 Å². The van der Waals surface area contributed by atoms with Gasteiger partial charge >= 0.3 is 0 Å². The molecule has 2 unspecified atom stereocenters. The number of aryl methyl sites for hydroxylation is 1. The Labute approximate surface area is 226 Å². The zero-order chi connectivity index (χ0) is 24.8. The highest BCUT2D eigenvalue weighted by Gasteiger charge is 2.67. The van der Waals surface area contributed by atoms with E-state index in [0.29, 0.717) is 32.0 Å². The van der Waals surface area contributed by atoms with Gasteiger partial charge in [-0.2, -0.15) is 0 Å². The number of halogens is 6. The van der Waals surface area contributed by atoms with Crippen LogP contribution in [0.4, 0.5) is 11.4 Å². The highest BCUT2D eigenvalue weighted by Crippen LogP contribution is 2.65. The van der Waals surface area contributed by atoms with E-state index in [1.165, 1.54) is 12.1 Å². The average Bonchev–Trinajstić information content (AvgIpc) is 3.33. The monoisotopic (exact) mass is 574 g/mol. The van der Waals surface area contributed by atoms with Gasteiger partial charge in [-0.15, -0.1) is 23.2 Å². The van der Waals surface area contributed by atoms with Crippen LogP contribution >= 0.6 is 69.6 Å². The van der Waals surface area contributed by atoms with Gasteiger partial charge < -0.3 is 10.6 Å². The molecule has 0 radical (unpaired) electrons. The average molecular weight is 577 g/mol. The van der Waals surface area contributed by atoms with Crippen LogP contribution in [-0.2, 0) is 4.79 Å². The summed E-state index contributed by atoms with van der Waals surface area (Å²) >= 11 is 37.3. The van der Waals surface area contributed by atoms with E-state index >= 15 is 0 Å². The first-order valence-electron chi connectivity index (χ1n) is 9.99. The van der Waals surface area contributed by atoms with Crippen molar-refractivity contribution in [3.8, 4) is 0 Å². The molecule has 0 saturated heterocycles. The highest BCUT2D eigenvalue weighted by molar-refractivity contribution is 6.53. The molecule has 1 saturated carbocycles. The zero-order valence-corrected chi connectivity index (χ0v) is 22.0. The van der Waals surface area contributed by atoms with Crippen LogP contribution in [-0.4, -0.2) is 16.1 Å². The fourth-order valence-corrected chi connectivity index (χ4v) is 5.43. The Hall–Kier alpha value is -1.66. The quantitative estimate of drug-likeness (QED) is 0.300. The molecule has 3 aromatic rings. The second-order valence-corrected chi connectivity index (χ2v) is 11.1. The Morgan fingerprint density at radius 1 is 0.794 bits per heavy atom. The smallest absolute Gasteiger partial charge is 0.257 e. The zero-order valence-electron chi connectivity index (χ0n) is 17.4. The Bertz CT molecular complexity index is 1290. The SMILES string of the molecule is Cc1cc(NC(=O)c2cc(NC(=O)C3C(c4cc(Cl)cc(Cl)c4)C3(Cl)Cl)ccc2Cl)ccc1Cl. The summed E-state index contributed by atoms with van der Waals surface area (Å²) in [7, 11) is 0. The molecule has 3 aromatic carbocycles. The predicted molar refractivity (Wildman–Crippen MR) is 141 cm³/mol. The van der Waals surface area contributed by atoms with E-state index in [4.69, 9.17) is 69.6 Å². The van der Waals surface area contributed by atoms with Gasteiger partial charge in [0.05, 0.1) is 16.5 Å². The highest BCUT2D eigenvalue weighted by atomic mass is 35.5. The molecule has 0 bridgehead atoms. The number of benzene rings is 3. The molecule has 10 heteroatoms. The minimum absolute atomic E-state index is 0.184. The van der Waals surface area contributed by atoms with Crippen molar-refractivity contribution in [2.45, 2.75) is 17.2 Å². The van der Waals surface area contributed by atoms with Gasteiger partial charge in [-0.1, -0.05) is 46.4 Å². The lowest BCUT2D eigenvalue weighted by atomic mass is 10.1. The second kappa shape index (κ2) is 9.77. The third kappa shape index (κ3) is 5.28. The summed E-state index contributed by atoms with van der Waals surface area (Å²) in [6.45, 7) is 1.83. The van der Waals surface area contributed by atoms with Gasteiger partial charge in [0, 0.05) is 32.4 Å². The summed E-state index contributed by atoms with van der Waals surface area (Å²) in [6.07, 6.45) is 0. The van der Waals surface area contributed by atoms with Gasteiger partial charge in [-0.3, -0.25) is 9.59 Å². The summed E-state index contributed by atoms with van der Waals surface area (Å²) in [6, 6.07) is 14.6. The number of nitrogens with one attached hydrogen (secondary N) is 2. The van der Waals surface area contributed by atoms with E-state index in [2.05, 4.69) is 10.6 Å². The largest absolute Gasteiger partial charge is 0.326 e. The summed E-state index contributed by atoms with van der Waals surface area (Å²) in [5, 5.41) is 7.19. The molecule has 1 fully saturated rings. The molecule has 34 heavy (non-hydrogen) atoms. The molecule has 0 aromatic heterocycles. The van der Waals surface area contributed by atoms with Crippen molar-refractivity contribution in [2.24, 2.45) is 5.92 Å². The van der Waals surface area contributed by atoms with Gasteiger partial charge in [-0.25, -0.2) is 0 Å². The van der Waals surface area contributed by atoms with Crippen LogP contribution in [0.2, 0.25) is 20.1 Å². The van der Waals surface area contributed by atoms with Crippen molar-refractivity contribution in [3.05, 3.63) is 91.4 Å². The fourth-order valence-electron chi connectivity index (χ4n) is 3.74. The number of amides is 2. The molecule has 0 spiro atoms. The van der Waals surface area contributed by atoms with E-state index in [-0.39, 0.29) is 10.6 Å². The van der Waals surface area contributed by atoms with Crippen molar-refractivity contribution in [2.75, 3.05) is 10.6 Å². The van der Waals surface area contributed by atoms with Crippen molar-refractivity contribution in [1.82, 2.24) is 0 Å². The topological polar surface area (TPSA) is 58.2 Å². The summed E-state index contributed by atoms with van der Waals surface area (Å²) < 4.78 is -1.32. The predicted octanol–water partition coefficient (Wildman–Crippen LogP) is 8.39. The number of rotatable bonds is 5. The van der Waals surface area contributed by atoms with Gasteiger partial charge in [0.2, 0.25) is 5.91 Å². The lowest BCUT2D eigenvalue weighted by Gasteiger charge is -2.11. The maximum atomic E-state index is 13.0. The normalized spacial score (nSPS) is 18.3. The van der Waals surface area contributed by atoms with Crippen molar-refractivity contribution >= 4 is 92.8 Å². The number of alkyl halides is 2. The van der Waals surface area contributed by atoms with Crippen molar-refractivity contribution in [1.29, 1.82) is 0 Å². The van der Waals surface area contributed by atoms with E-state index in [0.717, 1.165) is 5.56 Å². The molecular formula is C24H16Cl6N2O2. The molecule has 1 aliphatic carbocycles. The molecule has 4 nitrogen and oxygen atoms in total. The van der Waals surface area contributed by atoms with Gasteiger partial charge in [0.1, 0.15) is 4.33 Å². The van der Waals surface area contributed by atoms with Gasteiger partial charge in [-0.05, 0) is 72.6 Å². The van der Waals surface area contributed by atoms with Crippen LogP contribution in [0.5, 0.6) is 0 Å². The number of hydrogen-bond donors (Lipinski definition) is 2.